The Kier molecular flexibility index (Phi) is 3.05. The Labute approximate surface area is 115 Å². The number of carbonyl (C=O) groups excluding carboxylic acids is 1. The number of rotatable bonds is 2. The fourth-order valence-electron chi connectivity index (χ4n) is 2.35. The molecule has 0 atom stereocenters. The zero-order valence-corrected chi connectivity index (χ0v) is 10.7. The molecule has 0 aromatic heterocycles. The van der Waals surface area contributed by atoms with Crippen LogP contribution in [0.3, 0.4) is 0 Å². The maximum Gasteiger partial charge on any atom is 0.332 e. The molecule has 0 unspecified atom stereocenters. The molecular formula is C16H13N3O. The van der Waals surface area contributed by atoms with Crippen molar-refractivity contribution in [1.29, 1.82) is 0 Å². The third-order valence-corrected chi connectivity index (χ3v) is 3.18. The number of nitrogens with zero attached hydrogens (tertiary/aromatic N) is 1. The molecule has 4 nitrogen and oxygen atoms in total. The van der Waals surface area contributed by atoms with E-state index in [1.54, 1.807) is 6.21 Å². The minimum Gasteiger partial charge on any atom is -0.350 e. The topological polar surface area (TPSA) is 67.5 Å². The standard InChI is InChI=1S/C16H13N3O/c17-16(20)19-18-10-15-13-7-3-1-5-11(13)9-12-6-2-4-8-14(12)15/h1-10H,(H3,17,19,20)/b18-10+. The van der Waals surface area contributed by atoms with Gasteiger partial charge in [0.1, 0.15) is 0 Å². The number of hydrogen-bond donors (Lipinski definition) is 2. The number of amides is 2. The van der Waals surface area contributed by atoms with Crippen LogP contribution in [-0.2, 0) is 0 Å². The molecule has 0 bridgehead atoms. The van der Waals surface area contributed by atoms with Crippen molar-refractivity contribution < 1.29 is 4.79 Å². The van der Waals surface area contributed by atoms with Crippen LogP contribution in [0.2, 0.25) is 0 Å². The van der Waals surface area contributed by atoms with Gasteiger partial charge in [-0.15, -0.1) is 0 Å². The first-order valence-corrected chi connectivity index (χ1v) is 6.25. The van der Waals surface area contributed by atoms with Gasteiger partial charge in [-0.1, -0.05) is 48.5 Å². The Morgan fingerprint density at radius 2 is 1.55 bits per heavy atom. The van der Waals surface area contributed by atoms with E-state index < -0.39 is 6.03 Å². The van der Waals surface area contributed by atoms with E-state index in [2.05, 4.69) is 28.7 Å². The first-order valence-electron chi connectivity index (χ1n) is 6.25. The van der Waals surface area contributed by atoms with Crippen LogP contribution >= 0.6 is 0 Å². The lowest BCUT2D eigenvalue weighted by molar-refractivity contribution is 0.249. The molecule has 0 aliphatic heterocycles. The van der Waals surface area contributed by atoms with Gasteiger partial charge in [-0.25, -0.2) is 10.2 Å². The van der Waals surface area contributed by atoms with Crippen molar-refractivity contribution in [2.24, 2.45) is 10.8 Å². The van der Waals surface area contributed by atoms with E-state index in [-0.39, 0.29) is 0 Å². The summed E-state index contributed by atoms with van der Waals surface area (Å²) in [6.45, 7) is 0. The Bertz CT molecular complexity index is 770. The monoisotopic (exact) mass is 263 g/mol. The average Bonchev–Trinajstić information content (AvgIpc) is 2.46. The predicted octanol–water partition coefficient (Wildman–Crippen LogP) is 3.00. The minimum absolute atomic E-state index is 0.675. The van der Waals surface area contributed by atoms with Gasteiger partial charge in [-0.05, 0) is 27.6 Å². The third kappa shape index (κ3) is 2.19. The van der Waals surface area contributed by atoms with Crippen molar-refractivity contribution in [3.05, 3.63) is 60.2 Å². The summed E-state index contributed by atoms with van der Waals surface area (Å²) in [6, 6.07) is 17.6. The van der Waals surface area contributed by atoms with Crippen molar-refractivity contribution in [3.8, 4) is 0 Å². The molecule has 3 aromatic carbocycles. The van der Waals surface area contributed by atoms with Crippen LogP contribution in [-0.4, -0.2) is 12.2 Å². The number of carbonyl (C=O) groups is 1. The van der Waals surface area contributed by atoms with Gasteiger partial charge in [-0.3, -0.25) is 0 Å². The van der Waals surface area contributed by atoms with Gasteiger partial charge in [0.25, 0.3) is 0 Å². The molecule has 0 fully saturated rings. The summed E-state index contributed by atoms with van der Waals surface area (Å²) >= 11 is 0. The summed E-state index contributed by atoms with van der Waals surface area (Å²) in [5.74, 6) is 0. The van der Waals surface area contributed by atoms with Gasteiger partial charge in [0, 0.05) is 5.56 Å². The Balaban J connectivity index is 2.27. The van der Waals surface area contributed by atoms with Crippen molar-refractivity contribution in [1.82, 2.24) is 5.43 Å². The molecule has 20 heavy (non-hydrogen) atoms. The highest BCUT2D eigenvalue weighted by Gasteiger charge is 2.05. The normalized spacial score (nSPS) is 11.2. The number of benzene rings is 3. The number of nitrogens with one attached hydrogen (secondary N) is 1. The van der Waals surface area contributed by atoms with Gasteiger partial charge >= 0.3 is 6.03 Å². The highest BCUT2D eigenvalue weighted by atomic mass is 16.2. The fourth-order valence-corrected chi connectivity index (χ4v) is 2.35. The number of urea groups is 1. The number of nitrogens with two attached hydrogens (primary N) is 1. The first-order chi connectivity index (χ1) is 9.75. The zero-order chi connectivity index (χ0) is 13.9. The third-order valence-electron chi connectivity index (χ3n) is 3.18. The van der Waals surface area contributed by atoms with E-state index in [9.17, 15) is 4.79 Å². The van der Waals surface area contributed by atoms with E-state index >= 15 is 0 Å². The van der Waals surface area contributed by atoms with E-state index in [1.807, 2.05) is 36.4 Å². The van der Waals surface area contributed by atoms with Gasteiger partial charge in [0.2, 0.25) is 0 Å². The number of hydrogen-bond acceptors (Lipinski definition) is 2. The molecule has 3 aromatic rings. The Hall–Kier alpha value is -2.88. The molecule has 3 rings (SSSR count). The highest BCUT2D eigenvalue weighted by molar-refractivity contribution is 6.13. The Morgan fingerprint density at radius 3 is 2.10 bits per heavy atom. The molecule has 0 aliphatic carbocycles. The quantitative estimate of drug-likeness (QED) is 0.416. The highest BCUT2D eigenvalue weighted by Crippen LogP contribution is 2.27. The van der Waals surface area contributed by atoms with Crippen LogP contribution in [0.5, 0.6) is 0 Å². The second-order valence-corrected chi connectivity index (χ2v) is 4.47. The van der Waals surface area contributed by atoms with Crippen molar-refractivity contribution >= 4 is 33.8 Å². The van der Waals surface area contributed by atoms with Gasteiger partial charge in [0.05, 0.1) is 6.21 Å². The lowest BCUT2D eigenvalue weighted by Crippen LogP contribution is -2.24. The molecule has 0 spiro atoms. The van der Waals surface area contributed by atoms with Crippen LogP contribution in [0.25, 0.3) is 21.5 Å². The van der Waals surface area contributed by atoms with Gasteiger partial charge in [0.15, 0.2) is 0 Å². The summed E-state index contributed by atoms with van der Waals surface area (Å²) in [4.78, 5) is 10.7. The molecule has 0 heterocycles. The summed E-state index contributed by atoms with van der Waals surface area (Å²) in [7, 11) is 0. The zero-order valence-electron chi connectivity index (χ0n) is 10.7. The predicted molar refractivity (Wildman–Crippen MR) is 81.8 cm³/mol. The number of hydrazone groups is 1. The van der Waals surface area contributed by atoms with Crippen LogP contribution in [0, 0.1) is 0 Å². The van der Waals surface area contributed by atoms with E-state index in [1.165, 1.54) is 0 Å². The molecule has 98 valence electrons. The smallest absolute Gasteiger partial charge is 0.332 e. The van der Waals surface area contributed by atoms with Crippen molar-refractivity contribution in [3.63, 3.8) is 0 Å². The molecular weight excluding hydrogens is 250 g/mol. The minimum atomic E-state index is -0.675. The molecule has 2 amide bonds. The van der Waals surface area contributed by atoms with Crippen LogP contribution in [0.1, 0.15) is 5.56 Å². The fraction of sp³-hybridized carbons (Fsp3) is 0. The van der Waals surface area contributed by atoms with Crippen molar-refractivity contribution in [2.45, 2.75) is 0 Å². The number of primary amides is 1. The lowest BCUT2D eigenvalue weighted by Gasteiger charge is -2.07. The first kappa shape index (κ1) is 12.2. The largest absolute Gasteiger partial charge is 0.350 e. The molecule has 0 radical (unpaired) electrons. The van der Waals surface area contributed by atoms with Gasteiger partial charge in [-0.2, -0.15) is 5.10 Å². The SMILES string of the molecule is NC(=O)N/N=C/c1c2ccccc2cc2ccccc12. The lowest BCUT2D eigenvalue weighted by atomic mass is 9.97. The summed E-state index contributed by atoms with van der Waals surface area (Å²) < 4.78 is 0. The molecule has 0 aliphatic rings. The van der Waals surface area contributed by atoms with Gasteiger partial charge < -0.3 is 5.73 Å². The summed E-state index contributed by atoms with van der Waals surface area (Å²) in [5, 5.41) is 8.32. The number of fused-ring (bicyclic) bond motifs is 2. The van der Waals surface area contributed by atoms with Crippen molar-refractivity contribution in [2.75, 3.05) is 0 Å². The summed E-state index contributed by atoms with van der Waals surface area (Å²) in [5.41, 5.74) is 8.22. The maximum absolute atomic E-state index is 10.7. The van der Waals surface area contributed by atoms with Crippen LogP contribution in [0.4, 0.5) is 4.79 Å². The molecule has 3 N–H and O–H groups in total. The van der Waals surface area contributed by atoms with E-state index in [0.717, 1.165) is 27.1 Å². The molecule has 0 saturated heterocycles. The molecule has 0 saturated carbocycles. The maximum atomic E-state index is 10.7. The second-order valence-electron chi connectivity index (χ2n) is 4.47. The summed E-state index contributed by atoms with van der Waals surface area (Å²) in [6.07, 6.45) is 1.63. The second kappa shape index (κ2) is 5.01. The van der Waals surface area contributed by atoms with Crippen LogP contribution < -0.4 is 11.2 Å². The van der Waals surface area contributed by atoms with E-state index in [0.29, 0.717) is 0 Å². The Morgan fingerprint density at radius 1 is 1.00 bits per heavy atom. The average molecular weight is 263 g/mol. The molecule has 4 heteroatoms. The van der Waals surface area contributed by atoms with Crippen LogP contribution in [0.15, 0.2) is 59.7 Å². The van der Waals surface area contributed by atoms with E-state index in [4.69, 9.17) is 5.73 Å².